The molecule has 1 saturated carbocycles. The predicted octanol–water partition coefficient (Wildman–Crippen LogP) is 4.42. The maximum absolute atomic E-state index is 12.0. The van der Waals surface area contributed by atoms with E-state index < -0.39 is 0 Å². The highest BCUT2D eigenvalue weighted by atomic mass is 35.5. The van der Waals surface area contributed by atoms with Gasteiger partial charge in [-0.25, -0.2) is 0 Å². The van der Waals surface area contributed by atoms with E-state index in [1.165, 1.54) is 12.0 Å². The van der Waals surface area contributed by atoms with Crippen molar-refractivity contribution in [1.29, 1.82) is 0 Å². The van der Waals surface area contributed by atoms with E-state index >= 15 is 0 Å². The Labute approximate surface area is 120 Å². The lowest BCUT2D eigenvalue weighted by Crippen LogP contribution is -2.50. The third kappa shape index (κ3) is 3.50. The Kier molecular flexibility index (Phi) is 4.87. The molecule has 0 spiro atoms. The summed E-state index contributed by atoms with van der Waals surface area (Å²) in [5, 5.41) is 3.99. The number of unbranched alkanes of at least 4 members (excludes halogenated alkanes) is 2. The standard InChI is InChI=1S/C16H22ClNO/c1-2-3-4-6-15(19)18-16(11-5-12-16)13-7-9-14(17)10-8-13/h7-10H,2-6,11-12H2,1H3,(H,18,19). The minimum Gasteiger partial charge on any atom is -0.347 e. The van der Waals surface area contributed by atoms with Gasteiger partial charge in [-0.2, -0.15) is 0 Å². The van der Waals surface area contributed by atoms with Gasteiger partial charge >= 0.3 is 0 Å². The molecule has 2 rings (SSSR count). The van der Waals surface area contributed by atoms with Crippen molar-refractivity contribution in [3.05, 3.63) is 34.9 Å². The number of amides is 1. The van der Waals surface area contributed by atoms with Crippen molar-refractivity contribution in [2.24, 2.45) is 0 Å². The van der Waals surface area contributed by atoms with E-state index in [1.807, 2.05) is 24.3 Å². The van der Waals surface area contributed by atoms with E-state index in [-0.39, 0.29) is 11.4 Å². The third-order valence-corrected chi connectivity index (χ3v) is 4.24. The average Bonchev–Trinajstić information content (AvgIpc) is 2.35. The fourth-order valence-corrected chi connectivity index (χ4v) is 2.78. The molecule has 1 N–H and O–H groups in total. The molecule has 1 fully saturated rings. The Balaban J connectivity index is 1.98. The summed E-state index contributed by atoms with van der Waals surface area (Å²) in [6, 6.07) is 7.88. The molecule has 0 saturated heterocycles. The molecule has 1 aliphatic rings. The summed E-state index contributed by atoms with van der Waals surface area (Å²) < 4.78 is 0. The minimum absolute atomic E-state index is 0.131. The largest absolute Gasteiger partial charge is 0.347 e. The van der Waals surface area contributed by atoms with Gasteiger partial charge in [0.1, 0.15) is 0 Å². The summed E-state index contributed by atoms with van der Waals surface area (Å²) >= 11 is 5.93. The third-order valence-electron chi connectivity index (χ3n) is 3.99. The molecule has 0 heterocycles. The second kappa shape index (κ2) is 6.42. The van der Waals surface area contributed by atoms with Crippen molar-refractivity contribution < 1.29 is 4.79 Å². The first-order valence-electron chi connectivity index (χ1n) is 7.23. The number of nitrogens with one attached hydrogen (secondary N) is 1. The number of carbonyl (C=O) groups excluding carboxylic acids is 1. The number of halogens is 1. The number of rotatable bonds is 6. The van der Waals surface area contributed by atoms with E-state index in [9.17, 15) is 4.79 Å². The zero-order valence-corrected chi connectivity index (χ0v) is 12.3. The van der Waals surface area contributed by atoms with Crippen LogP contribution >= 0.6 is 11.6 Å². The van der Waals surface area contributed by atoms with Crippen LogP contribution in [0.4, 0.5) is 0 Å². The van der Waals surface area contributed by atoms with Crippen molar-refractivity contribution in [3.8, 4) is 0 Å². The predicted molar refractivity (Wildman–Crippen MR) is 79.3 cm³/mol. The molecular weight excluding hydrogens is 258 g/mol. The summed E-state index contributed by atoms with van der Waals surface area (Å²) in [5.41, 5.74) is 1.06. The SMILES string of the molecule is CCCCCC(=O)NC1(c2ccc(Cl)cc2)CCC1. The van der Waals surface area contributed by atoms with E-state index in [0.717, 1.165) is 37.1 Å². The summed E-state index contributed by atoms with van der Waals surface area (Å²) in [6.07, 6.45) is 7.15. The van der Waals surface area contributed by atoms with Gasteiger partial charge in [-0.1, -0.05) is 43.5 Å². The Morgan fingerprint density at radius 3 is 2.47 bits per heavy atom. The molecule has 0 aliphatic heterocycles. The molecule has 3 heteroatoms. The van der Waals surface area contributed by atoms with Crippen molar-refractivity contribution in [3.63, 3.8) is 0 Å². The van der Waals surface area contributed by atoms with Gasteiger partial charge in [-0.05, 0) is 43.4 Å². The number of hydrogen-bond donors (Lipinski definition) is 1. The Bertz CT molecular complexity index is 423. The van der Waals surface area contributed by atoms with Gasteiger partial charge in [0.05, 0.1) is 5.54 Å². The molecular formula is C16H22ClNO. The minimum atomic E-state index is -0.131. The Morgan fingerprint density at radius 1 is 1.26 bits per heavy atom. The van der Waals surface area contributed by atoms with Crippen LogP contribution in [0.1, 0.15) is 57.4 Å². The van der Waals surface area contributed by atoms with Crippen LogP contribution in [0.3, 0.4) is 0 Å². The van der Waals surface area contributed by atoms with E-state index in [2.05, 4.69) is 12.2 Å². The first-order valence-corrected chi connectivity index (χ1v) is 7.61. The lowest BCUT2D eigenvalue weighted by Gasteiger charge is -2.43. The average molecular weight is 280 g/mol. The van der Waals surface area contributed by atoms with Crippen LogP contribution in [0.15, 0.2) is 24.3 Å². The van der Waals surface area contributed by atoms with Gasteiger partial charge < -0.3 is 5.32 Å². The lowest BCUT2D eigenvalue weighted by atomic mass is 9.71. The maximum Gasteiger partial charge on any atom is 0.220 e. The topological polar surface area (TPSA) is 29.1 Å². The fraction of sp³-hybridized carbons (Fsp3) is 0.562. The van der Waals surface area contributed by atoms with Crippen LogP contribution in [-0.4, -0.2) is 5.91 Å². The van der Waals surface area contributed by atoms with Crippen LogP contribution in [0, 0.1) is 0 Å². The number of hydrogen-bond acceptors (Lipinski definition) is 1. The van der Waals surface area contributed by atoms with E-state index in [1.54, 1.807) is 0 Å². The monoisotopic (exact) mass is 279 g/mol. The highest BCUT2D eigenvalue weighted by molar-refractivity contribution is 6.30. The Morgan fingerprint density at radius 2 is 1.95 bits per heavy atom. The van der Waals surface area contributed by atoms with Crippen molar-refractivity contribution >= 4 is 17.5 Å². The molecule has 2 nitrogen and oxygen atoms in total. The van der Waals surface area contributed by atoms with Crippen LogP contribution in [0.2, 0.25) is 5.02 Å². The smallest absolute Gasteiger partial charge is 0.220 e. The van der Waals surface area contributed by atoms with E-state index in [0.29, 0.717) is 6.42 Å². The fourth-order valence-electron chi connectivity index (χ4n) is 2.65. The van der Waals surface area contributed by atoms with E-state index in [4.69, 9.17) is 11.6 Å². The highest BCUT2D eigenvalue weighted by Crippen LogP contribution is 2.41. The van der Waals surface area contributed by atoms with Crippen molar-refractivity contribution in [2.75, 3.05) is 0 Å². The lowest BCUT2D eigenvalue weighted by molar-refractivity contribution is -0.124. The first kappa shape index (κ1) is 14.4. The normalized spacial score (nSPS) is 16.7. The van der Waals surface area contributed by atoms with Crippen molar-refractivity contribution in [2.45, 2.75) is 57.4 Å². The van der Waals surface area contributed by atoms with Crippen LogP contribution < -0.4 is 5.32 Å². The van der Waals surface area contributed by atoms with Gasteiger partial charge in [0.15, 0.2) is 0 Å². The summed E-state index contributed by atoms with van der Waals surface area (Å²) in [6.45, 7) is 2.15. The molecule has 1 aliphatic carbocycles. The van der Waals surface area contributed by atoms with Gasteiger partial charge in [0.25, 0.3) is 0 Å². The van der Waals surface area contributed by atoms with Crippen molar-refractivity contribution in [1.82, 2.24) is 5.32 Å². The summed E-state index contributed by atoms with van der Waals surface area (Å²) in [7, 11) is 0. The van der Waals surface area contributed by atoms with Gasteiger partial charge in [-0.15, -0.1) is 0 Å². The first-order chi connectivity index (χ1) is 9.16. The second-order valence-electron chi connectivity index (χ2n) is 5.45. The molecule has 0 atom stereocenters. The second-order valence-corrected chi connectivity index (χ2v) is 5.88. The molecule has 0 bridgehead atoms. The molecule has 104 valence electrons. The van der Waals surface area contributed by atoms with Gasteiger partial charge in [0, 0.05) is 11.4 Å². The molecule has 1 amide bonds. The molecule has 0 unspecified atom stereocenters. The Hall–Kier alpha value is -1.02. The van der Waals surface area contributed by atoms with Crippen LogP contribution in [0.5, 0.6) is 0 Å². The molecule has 0 radical (unpaired) electrons. The molecule has 1 aromatic rings. The zero-order chi connectivity index (χ0) is 13.7. The van der Waals surface area contributed by atoms with Crippen LogP contribution in [0.25, 0.3) is 0 Å². The number of benzene rings is 1. The van der Waals surface area contributed by atoms with Gasteiger partial charge in [-0.3, -0.25) is 4.79 Å². The molecule has 1 aromatic carbocycles. The highest BCUT2D eigenvalue weighted by Gasteiger charge is 2.39. The van der Waals surface area contributed by atoms with Gasteiger partial charge in [0.2, 0.25) is 5.91 Å². The summed E-state index contributed by atoms with van der Waals surface area (Å²) in [4.78, 5) is 12.0. The maximum atomic E-state index is 12.0. The number of carbonyl (C=O) groups is 1. The molecule has 0 aromatic heterocycles. The summed E-state index contributed by atoms with van der Waals surface area (Å²) in [5.74, 6) is 0.183. The van der Waals surface area contributed by atoms with Crippen LogP contribution in [-0.2, 0) is 10.3 Å². The quantitative estimate of drug-likeness (QED) is 0.768. The molecule has 19 heavy (non-hydrogen) atoms. The zero-order valence-electron chi connectivity index (χ0n) is 11.5.